The van der Waals surface area contributed by atoms with E-state index in [1.807, 2.05) is 6.07 Å². The van der Waals surface area contributed by atoms with Crippen LogP contribution in [0.3, 0.4) is 0 Å². The van der Waals surface area contributed by atoms with Gasteiger partial charge in [0.15, 0.2) is 6.10 Å². The van der Waals surface area contributed by atoms with E-state index in [0.29, 0.717) is 19.6 Å². The van der Waals surface area contributed by atoms with Gasteiger partial charge in [-0.1, -0.05) is 18.2 Å². The number of amides is 1. The van der Waals surface area contributed by atoms with Crippen LogP contribution in [0.15, 0.2) is 48.8 Å². The number of carbonyl (C=O) groups excluding carboxylic acids is 1. The summed E-state index contributed by atoms with van der Waals surface area (Å²) in [5.41, 5.74) is -0.0327. The average molecular weight is 379 g/mol. The summed E-state index contributed by atoms with van der Waals surface area (Å²) in [4.78, 5) is 18.6. The molecule has 1 fully saturated rings. The van der Waals surface area contributed by atoms with Gasteiger partial charge in [-0.05, 0) is 30.7 Å². The highest BCUT2D eigenvalue weighted by molar-refractivity contribution is 5.81. The minimum atomic E-state index is -4.55. The first-order valence-electron chi connectivity index (χ1n) is 8.62. The molecule has 0 aliphatic carbocycles. The van der Waals surface area contributed by atoms with Crippen LogP contribution in [-0.4, -0.2) is 41.5 Å². The molecule has 1 aromatic heterocycles. The van der Waals surface area contributed by atoms with E-state index in [0.717, 1.165) is 11.6 Å². The molecule has 2 heterocycles. The Balaban J connectivity index is 1.79. The van der Waals surface area contributed by atoms with Crippen molar-refractivity contribution in [2.24, 2.45) is 0 Å². The Hall–Kier alpha value is -2.61. The second-order valence-corrected chi connectivity index (χ2v) is 6.29. The van der Waals surface area contributed by atoms with Crippen LogP contribution in [0.1, 0.15) is 24.1 Å². The number of nitrogens with one attached hydrogen (secondary N) is 1. The quantitative estimate of drug-likeness (QED) is 0.887. The highest BCUT2D eigenvalue weighted by Gasteiger charge is 2.36. The molecule has 3 rings (SSSR count). The smallest absolute Gasteiger partial charge is 0.419 e. The summed E-state index contributed by atoms with van der Waals surface area (Å²) in [5.74, 6) is -0.707. The third-order valence-electron chi connectivity index (χ3n) is 4.44. The third kappa shape index (κ3) is 4.39. The Morgan fingerprint density at radius 1 is 1.30 bits per heavy atom. The summed E-state index contributed by atoms with van der Waals surface area (Å²) in [6.45, 7) is 3.06. The normalized spacial score (nSPS) is 18.8. The molecule has 0 bridgehead atoms. The van der Waals surface area contributed by atoms with E-state index in [1.165, 1.54) is 25.1 Å². The van der Waals surface area contributed by atoms with Gasteiger partial charge in [0, 0.05) is 32.0 Å². The Morgan fingerprint density at radius 2 is 2.07 bits per heavy atom. The standard InChI is InChI=1S/C19H20F3N3O2/c1-13(27-17-7-3-2-6-15(17)19(20,21)22)18(26)25-10-9-24-12-16(25)14-5-4-8-23-11-14/h2-8,11,13,16,24H,9-10,12H2,1H3. The zero-order valence-electron chi connectivity index (χ0n) is 14.7. The van der Waals surface area contributed by atoms with Crippen molar-refractivity contribution in [2.75, 3.05) is 19.6 Å². The lowest BCUT2D eigenvalue weighted by Crippen LogP contribution is -2.52. The topological polar surface area (TPSA) is 54.5 Å². The van der Waals surface area contributed by atoms with E-state index in [-0.39, 0.29) is 17.7 Å². The number of hydrogen-bond acceptors (Lipinski definition) is 4. The van der Waals surface area contributed by atoms with E-state index < -0.39 is 17.8 Å². The molecule has 1 saturated heterocycles. The lowest BCUT2D eigenvalue weighted by Gasteiger charge is -2.37. The van der Waals surface area contributed by atoms with Crippen molar-refractivity contribution in [3.63, 3.8) is 0 Å². The average Bonchev–Trinajstić information content (AvgIpc) is 2.67. The van der Waals surface area contributed by atoms with Crippen LogP contribution in [0, 0.1) is 0 Å². The summed E-state index contributed by atoms with van der Waals surface area (Å²) in [6.07, 6.45) is -2.27. The van der Waals surface area contributed by atoms with Crippen molar-refractivity contribution in [3.8, 4) is 5.75 Å². The predicted molar refractivity (Wildman–Crippen MR) is 93.1 cm³/mol. The zero-order chi connectivity index (χ0) is 19.4. The van der Waals surface area contributed by atoms with E-state index in [1.54, 1.807) is 23.4 Å². The van der Waals surface area contributed by atoms with Gasteiger partial charge >= 0.3 is 6.18 Å². The second kappa shape index (κ2) is 7.96. The van der Waals surface area contributed by atoms with E-state index >= 15 is 0 Å². The second-order valence-electron chi connectivity index (χ2n) is 6.29. The molecule has 1 aliphatic heterocycles. The number of ether oxygens (including phenoxy) is 1. The Morgan fingerprint density at radius 3 is 2.78 bits per heavy atom. The maximum Gasteiger partial charge on any atom is 0.419 e. The summed E-state index contributed by atoms with van der Waals surface area (Å²) in [5, 5.41) is 3.22. The van der Waals surface area contributed by atoms with Crippen molar-refractivity contribution in [3.05, 3.63) is 59.9 Å². The van der Waals surface area contributed by atoms with Crippen LogP contribution in [0.25, 0.3) is 0 Å². The summed E-state index contributed by atoms with van der Waals surface area (Å²) in [7, 11) is 0. The van der Waals surface area contributed by atoms with Gasteiger partial charge in [0.1, 0.15) is 5.75 Å². The molecule has 1 aliphatic rings. The number of aromatic nitrogens is 1. The van der Waals surface area contributed by atoms with Gasteiger partial charge in [0.2, 0.25) is 0 Å². The molecule has 2 aromatic rings. The van der Waals surface area contributed by atoms with Gasteiger partial charge < -0.3 is 15.0 Å². The predicted octanol–water partition coefficient (Wildman–Crippen LogP) is 3.04. The number of rotatable bonds is 4. The molecule has 0 saturated carbocycles. The third-order valence-corrected chi connectivity index (χ3v) is 4.44. The molecular formula is C19H20F3N3O2. The fourth-order valence-electron chi connectivity index (χ4n) is 3.12. The summed E-state index contributed by atoms with van der Waals surface area (Å²) < 4.78 is 44.9. The monoisotopic (exact) mass is 379 g/mol. The van der Waals surface area contributed by atoms with Crippen LogP contribution in [-0.2, 0) is 11.0 Å². The fraction of sp³-hybridized carbons (Fsp3) is 0.368. The molecule has 2 unspecified atom stereocenters. The van der Waals surface area contributed by atoms with Gasteiger partial charge in [-0.25, -0.2) is 0 Å². The van der Waals surface area contributed by atoms with E-state index in [9.17, 15) is 18.0 Å². The van der Waals surface area contributed by atoms with Gasteiger partial charge in [0.05, 0.1) is 11.6 Å². The van der Waals surface area contributed by atoms with Crippen LogP contribution in [0.4, 0.5) is 13.2 Å². The molecule has 0 spiro atoms. The van der Waals surface area contributed by atoms with Crippen molar-refractivity contribution >= 4 is 5.91 Å². The fourth-order valence-corrected chi connectivity index (χ4v) is 3.12. The largest absolute Gasteiger partial charge is 0.480 e. The van der Waals surface area contributed by atoms with Gasteiger partial charge in [-0.3, -0.25) is 9.78 Å². The van der Waals surface area contributed by atoms with E-state index in [2.05, 4.69) is 10.3 Å². The van der Waals surface area contributed by atoms with Gasteiger partial charge in [-0.15, -0.1) is 0 Å². The summed E-state index contributed by atoms with van der Waals surface area (Å²) >= 11 is 0. The van der Waals surface area contributed by atoms with Crippen LogP contribution >= 0.6 is 0 Å². The number of para-hydroxylation sites is 1. The zero-order valence-corrected chi connectivity index (χ0v) is 14.7. The maximum absolute atomic E-state index is 13.1. The number of pyridine rings is 1. The number of halogens is 3. The number of alkyl halides is 3. The highest BCUT2D eigenvalue weighted by Crippen LogP contribution is 2.36. The molecule has 1 aromatic carbocycles. The Kier molecular flexibility index (Phi) is 5.65. The number of nitrogens with zero attached hydrogens (tertiary/aromatic N) is 2. The Labute approximate surface area is 155 Å². The molecule has 27 heavy (non-hydrogen) atoms. The first kappa shape index (κ1) is 19.2. The number of carbonyl (C=O) groups is 1. The minimum Gasteiger partial charge on any atom is -0.480 e. The Bertz CT molecular complexity index is 783. The molecule has 5 nitrogen and oxygen atoms in total. The number of benzene rings is 1. The molecule has 2 atom stereocenters. The number of hydrogen-bond donors (Lipinski definition) is 1. The SMILES string of the molecule is CC(Oc1ccccc1C(F)(F)F)C(=O)N1CCNCC1c1cccnc1. The van der Waals surface area contributed by atoms with Crippen molar-refractivity contribution in [2.45, 2.75) is 25.2 Å². The molecule has 0 radical (unpaired) electrons. The lowest BCUT2D eigenvalue weighted by atomic mass is 10.0. The maximum atomic E-state index is 13.1. The molecular weight excluding hydrogens is 359 g/mol. The van der Waals surface area contributed by atoms with Gasteiger partial charge in [0.25, 0.3) is 5.91 Å². The molecule has 8 heteroatoms. The van der Waals surface area contributed by atoms with Crippen molar-refractivity contribution in [1.29, 1.82) is 0 Å². The molecule has 1 amide bonds. The van der Waals surface area contributed by atoms with Crippen LogP contribution in [0.5, 0.6) is 5.75 Å². The summed E-state index contributed by atoms with van der Waals surface area (Å²) in [6, 6.07) is 8.31. The van der Waals surface area contributed by atoms with Gasteiger partial charge in [-0.2, -0.15) is 13.2 Å². The number of piperazine rings is 1. The minimum absolute atomic E-state index is 0.246. The van der Waals surface area contributed by atoms with Crippen molar-refractivity contribution in [1.82, 2.24) is 15.2 Å². The first-order valence-corrected chi connectivity index (χ1v) is 8.62. The van der Waals surface area contributed by atoms with Crippen LogP contribution in [0.2, 0.25) is 0 Å². The lowest BCUT2D eigenvalue weighted by molar-refractivity contribution is -0.145. The highest BCUT2D eigenvalue weighted by atomic mass is 19.4. The van der Waals surface area contributed by atoms with Crippen molar-refractivity contribution < 1.29 is 22.7 Å². The van der Waals surface area contributed by atoms with Crippen LogP contribution < -0.4 is 10.1 Å². The molecule has 144 valence electrons. The van der Waals surface area contributed by atoms with E-state index in [4.69, 9.17) is 4.74 Å². The first-order chi connectivity index (χ1) is 12.9. The molecule has 1 N–H and O–H groups in total.